The van der Waals surface area contributed by atoms with E-state index >= 15 is 0 Å². The van der Waals surface area contributed by atoms with E-state index in [2.05, 4.69) is 28.7 Å². The number of nitrogens with one attached hydrogen (secondary N) is 1. The summed E-state index contributed by atoms with van der Waals surface area (Å²) in [7, 11) is 0. The van der Waals surface area contributed by atoms with E-state index < -0.39 is 0 Å². The molecular formula is C12H22N4. The molecule has 1 heterocycles. The predicted octanol–water partition coefficient (Wildman–Crippen LogP) is 1.97. The monoisotopic (exact) mass is 222 g/mol. The van der Waals surface area contributed by atoms with Gasteiger partial charge in [-0.3, -0.25) is 4.68 Å². The van der Waals surface area contributed by atoms with Crippen LogP contribution in [0.25, 0.3) is 0 Å². The van der Waals surface area contributed by atoms with E-state index in [0.29, 0.717) is 0 Å². The zero-order chi connectivity index (χ0) is 11.2. The van der Waals surface area contributed by atoms with Gasteiger partial charge in [-0.2, -0.15) is 0 Å². The van der Waals surface area contributed by atoms with Crippen molar-refractivity contribution in [1.82, 2.24) is 20.3 Å². The SMILES string of the molecule is CCNCc1cn(CC2CCCCC2)nn1. The Morgan fingerprint density at radius 3 is 2.94 bits per heavy atom. The molecule has 1 N–H and O–H groups in total. The molecule has 0 saturated heterocycles. The molecular weight excluding hydrogens is 200 g/mol. The van der Waals surface area contributed by atoms with Crippen molar-refractivity contribution in [2.75, 3.05) is 6.54 Å². The van der Waals surface area contributed by atoms with Crippen molar-refractivity contribution < 1.29 is 0 Å². The Labute approximate surface area is 97.4 Å². The third kappa shape index (κ3) is 3.30. The third-order valence-corrected chi connectivity index (χ3v) is 3.31. The third-order valence-electron chi connectivity index (χ3n) is 3.31. The summed E-state index contributed by atoms with van der Waals surface area (Å²) in [5, 5.41) is 11.6. The van der Waals surface area contributed by atoms with E-state index in [1.807, 2.05) is 4.68 Å². The van der Waals surface area contributed by atoms with Gasteiger partial charge < -0.3 is 5.32 Å². The molecule has 16 heavy (non-hydrogen) atoms. The molecule has 0 aliphatic heterocycles. The molecule has 1 aliphatic rings. The first-order valence-electron chi connectivity index (χ1n) is 6.48. The van der Waals surface area contributed by atoms with Gasteiger partial charge in [-0.15, -0.1) is 5.10 Å². The van der Waals surface area contributed by atoms with Gasteiger partial charge in [0.1, 0.15) is 0 Å². The Hall–Kier alpha value is -0.900. The molecule has 1 saturated carbocycles. The fourth-order valence-corrected chi connectivity index (χ4v) is 2.40. The first-order valence-corrected chi connectivity index (χ1v) is 6.48. The zero-order valence-corrected chi connectivity index (χ0v) is 10.2. The maximum Gasteiger partial charge on any atom is 0.0964 e. The Morgan fingerprint density at radius 1 is 1.38 bits per heavy atom. The summed E-state index contributed by atoms with van der Waals surface area (Å²) in [4.78, 5) is 0. The van der Waals surface area contributed by atoms with E-state index in [1.165, 1.54) is 32.1 Å². The van der Waals surface area contributed by atoms with Crippen LogP contribution in [0, 0.1) is 5.92 Å². The molecule has 0 unspecified atom stereocenters. The lowest BCUT2D eigenvalue weighted by Gasteiger charge is -2.20. The van der Waals surface area contributed by atoms with Gasteiger partial charge in [-0.05, 0) is 25.3 Å². The molecule has 1 fully saturated rings. The summed E-state index contributed by atoms with van der Waals surface area (Å²) < 4.78 is 2.02. The Bertz CT molecular complexity index is 302. The average molecular weight is 222 g/mol. The van der Waals surface area contributed by atoms with Crippen LogP contribution in [0.2, 0.25) is 0 Å². The van der Waals surface area contributed by atoms with E-state index in [0.717, 1.165) is 31.2 Å². The van der Waals surface area contributed by atoms with Crippen LogP contribution >= 0.6 is 0 Å². The second-order valence-electron chi connectivity index (χ2n) is 4.72. The predicted molar refractivity (Wildman–Crippen MR) is 64.0 cm³/mol. The Kier molecular flexibility index (Phi) is 4.34. The van der Waals surface area contributed by atoms with Crippen molar-refractivity contribution in [3.05, 3.63) is 11.9 Å². The van der Waals surface area contributed by atoms with Crippen LogP contribution in [0.4, 0.5) is 0 Å². The minimum Gasteiger partial charge on any atom is -0.311 e. The maximum absolute atomic E-state index is 4.19. The smallest absolute Gasteiger partial charge is 0.0964 e. The molecule has 0 radical (unpaired) electrons. The van der Waals surface area contributed by atoms with Crippen molar-refractivity contribution in [1.29, 1.82) is 0 Å². The van der Waals surface area contributed by atoms with Gasteiger partial charge in [-0.1, -0.05) is 31.4 Å². The molecule has 0 aromatic carbocycles. The highest BCUT2D eigenvalue weighted by Crippen LogP contribution is 2.24. The van der Waals surface area contributed by atoms with Crippen LogP contribution < -0.4 is 5.32 Å². The molecule has 0 atom stereocenters. The standard InChI is InChI=1S/C12H22N4/c1-2-13-8-12-10-16(15-14-12)9-11-6-4-3-5-7-11/h10-11,13H,2-9H2,1H3. The highest BCUT2D eigenvalue weighted by atomic mass is 15.4. The number of aromatic nitrogens is 3. The highest BCUT2D eigenvalue weighted by molar-refractivity contribution is 4.91. The van der Waals surface area contributed by atoms with Gasteiger partial charge in [0.25, 0.3) is 0 Å². The summed E-state index contributed by atoms with van der Waals surface area (Å²) in [5.74, 6) is 0.822. The van der Waals surface area contributed by atoms with Gasteiger partial charge in [0, 0.05) is 19.3 Å². The molecule has 1 aromatic rings. The van der Waals surface area contributed by atoms with Gasteiger partial charge in [-0.25, -0.2) is 0 Å². The highest BCUT2D eigenvalue weighted by Gasteiger charge is 2.14. The Balaban J connectivity index is 1.81. The lowest BCUT2D eigenvalue weighted by molar-refractivity contribution is 0.305. The second kappa shape index (κ2) is 5.99. The lowest BCUT2D eigenvalue weighted by Crippen LogP contribution is -2.14. The largest absolute Gasteiger partial charge is 0.311 e. The topological polar surface area (TPSA) is 42.7 Å². The van der Waals surface area contributed by atoms with Crippen molar-refractivity contribution in [3.8, 4) is 0 Å². The average Bonchev–Trinajstić information content (AvgIpc) is 2.75. The first-order chi connectivity index (χ1) is 7.88. The van der Waals surface area contributed by atoms with Crippen LogP contribution in [-0.2, 0) is 13.1 Å². The molecule has 4 heteroatoms. The van der Waals surface area contributed by atoms with Gasteiger partial charge >= 0.3 is 0 Å². The molecule has 0 spiro atoms. The number of nitrogens with zero attached hydrogens (tertiary/aromatic N) is 3. The van der Waals surface area contributed by atoms with Crippen LogP contribution in [0.5, 0.6) is 0 Å². The molecule has 0 bridgehead atoms. The van der Waals surface area contributed by atoms with Gasteiger partial charge in [0.2, 0.25) is 0 Å². The minimum absolute atomic E-state index is 0.822. The van der Waals surface area contributed by atoms with E-state index in [9.17, 15) is 0 Å². The number of hydrogen-bond acceptors (Lipinski definition) is 3. The molecule has 4 nitrogen and oxygen atoms in total. The van der Waals surface area contributed by atoms with E-state index in [4.69, 9.17) is 0 Å². The van der Waals surface area contributed by atoms with Crippen LogP contribution in [0.15, 0.2) is 6.20 Å². The molecule has 0 amide bonds. The fraction of sp³-hybridized carbons (Fsp3) is 0.833. The number of hydrogen-bond donors (Lipinski definition) is 1. The van der Waals surface area contributed by atoms with Crippen molar-refractivity contribution in [2.24, 2.45) is 5.92 Å². The van der Waals surface area contributed by atoms with Gasteiger partial charge in [0.05, 0.1) is 5.69 Å². The molecule has 1 aromatic heterocycles. The van der Waals surface area contributed by atoms with E-state index in [1.54, 1.807) is 0 Å². The van der Waals surface area contributed by atoms with Crippen LogP contribution in [0.1, 0.15) is 44.7 Å². The maximum atomic E-state index is 4.19. The molecule has 1 aliphatic carbocycles. The van der Waals surface area contributed by atoms with Crippen LogP contribution in [-0.4, -0.2) is 21.5 Å². The summed E-state index contributed by atoms with van der Waals surface area (Å²) in [5.41, 5.74) is 1.05. The van der Waals surface area contributed by atoms with Crippen molar-refractivity contribution in [3.63, 3.8) is 0 Å². The van der Waals surface area contributed by atoms with E-state index in [-0.39, 0.29) is 0 Å². The Morgan fingerprint density at radius 2 is 2.19 bits per heavy atom. The van der Waals surface area contributed by atoms with Crippen molar-refractivity contribution >= 4 is 0 Å². The summed E-state index contributed by atoms with van der Waals surface area (Å²) in [6.07, 6.45) is 9.01. The molecule has 90 valence electrons. The second-order valence-corrected chi connectivity index (χ2v) is 4.72. The van der Waals surface area contributed by atoms with Gasteiger partial charge in [0.15, 0.2) is 0 Å². The quantitative estimate of drug-likeness (QED) is 0.828. The van der Waals surface area contributed by atoms with Crippen molar-refractivity contribution in [2.45, 2.75) is 52.1 Å². The summed E-state index contributed by atoms with van der Waals surface area (Å²) in [6.45, 7) is 4.97. The summed E-state index contributed by atoms with van der Waals surface area (Å²) >= 11 is 0. The first kappa shape index (κ1) is 11.6. The van der Waals surface area contributed by atoms with Crippen LogP contribution in [0.3, 0.4) is 0 Å². The molecule has 2 rings (SSSR count). The normalized spacial score (nSPS) is 17.8. The fourth-order valence-electron chi connectivity index (χ4n) is 2.40. The summed E-state index contributed by atoms with van der Waals surface area (Å²) in [6, 6.07) is 0. The zero-order valence-electron chi connectivity index (χ0n) is 10.2. The number of rotatable bonds is 5. The lowest BCUT2D eigenvalue weighted by atomic mass is 9.89. The minimum atomic E-state index is 0.822.